The first-order chi connectivity index (χ1) is 11.0. The van der Waals surface area contributed by atoms with Crippen molar-refractivity contribution in [3.8, 4) is 5.75 Å². The average Bonchev–Trinajstić information content (AvgIpc) is 3.07. The molecule has 1 aliphatic carbocycles. The molecular formula is C16H19BrN2O4. The number of benzene rings is 1. The van der Waals surface area contributed by atoms with Crippen molar-refractivity contribution in [3.63, 3.8) is 0 Å². The minimum Gasteiger partial charge on any atom is -0.497 e. The molecule has 0 bridgehead atoms. The molecule has 1 aromatic carbocycles. The summed E-state index contributed by atoms with van der Waals surface area (Å²) in [6, 6.07) is 5.03. The van der Waals surface area contributed by atoms with Crippen LogP contribution in [0.4, 0.5) is 10.5 Å². The van der Waals surface area contributed by atoms with Crippen LogP contribution in [-0.4, -0.2) is 42.2 Å². The van der Waals surface area contributed by atoms with Crippen LogP contribution in [0.15, 0.2) is 22.7 Å². The fourth-order valence-electron chi connectivity index (χ4n) is 3.71. The molecule has 3 rings (SSSR count). The van der Waals surface area contributed by atoms with Crippen LogP contribution in [0.5, 0.6) is 5.75 Å². The number of carboxylic acid groups (broad SMARTS) is 1. The van der Waals surface area contributed by atoms with E-state index in [1.165, 1.54) is 0 Å². The molecule has 0 radical (unpaired) electrons. The van der Waals surface area contributed by atoms with Gasteiger partial charge in [0.05, 0.1) is 18.2 Å². The Bertz CT molecular complexity index is 651. The molecule has 2 aliphatic rings. The maximum Gasteiger partial charge on any atom is 0.321 e. The third kappa shape index (κ3) is 2.78. The molecule has 0 unspecified atom stereocenters. The van der Waals surface area contributed by atoms with E-state index in [9.17, 15) is 14.7 Å². The van der Waals surface area contributed by atoms with E-state index in [0.29, 0.717) is 24.4 Å². The lowest BCUT2D eigenvalue weighted by Gasteiger charge is -2.23. The number of fused-ring (bicyclic) bond motifs is 1. The number of urea groups is 1. The van der Waals surface area contributed by atoms with E-state index in [-0.39, 0.29) is 18.5 Å². The predicted octanol–water partition coefficient (Wildman–Crippen LogP) is 3.18. The lowest BCUT2D eigenvalue weighted by molar-refractivity contribution is -0.149. The number of hydrogen-bond donors (Lipinski definition) is 2. The molecule has 1 aromatic rings. The predicted molar refractivity (Wildman–Crippen MR) is 88.7 cm³/mol. The number of aliphatic carboxylic acids is 1. The summed E-state index contributed by atoms with van der Waals surface area (Å²) in [7, 11) is 1.58. The smallest absolute Gasteiger partial charge is 0.321 e. The molecule has 2 fully saturated rings. The topological polar surface area (TPSA) is 78.9 Å². The highest BCUT2D eigenvalue weighted by molar-refractivity contribution is 9.10. The number of hydrogen-bond acceptors (Lipinski definition) is 3. The zero-order valence-electron chi connectivity index (χ0n) is 12.8. The molecule has 1 aliphatic heterocycles. The van der Waals surface area contributed by atoms with Gasteiger partial charge in [-0.15, -0.1) is 0 Å². The lowest BCUT2D eigenvalue weighted by Crippen LogP contribution is -2.38. The minimum absolute atomic E-state index is 0.0602. The molecule has 1 saturated carbocycles. The monoisotopic (exact) mass is 382 g/mol. The number of methoxy groups -OCH3 is 1. The maximum absolute atomic E-state index is 12.5. The highest BCUT2D eigenvalue weighted by Crippen LogP contribution is 2.49. The summed E-state index contributed by atoms with van der Waals surface area (Å²) in [5, 5.41) is 12.4. The summed E-state index contributed by atoms with van der Waals surface area (Å²) in [5.41, 5.74) is -0.119. The van der Waals surface area contributed by atoms with Crippen LogP contribution in [-0.2, 0) is 4.79 Å². The van der Waals surface area contributed by atoms with Gasteiger partial charge in [-0.3, -0.25) is 4.79 Å². The van der Waals surface area contributed by atoms with E-state index in [1.54, 1.807) is 30.2 Å². The van der Waals surface area contributed by atoms with Gasteiger partial charge in [0.15, 0.2) is 0 Å². The van der Waals surface area contributed by atoms with Crippen LogP contribution in [0.3, 0.4) is 0 Å². The summed E-state index contributed by atoms with van der Waals surface area (Å²) < 4.78 is 5.85. The van der Waals surface area contributed by atoms with Gasteiger partial charge in [-0.2, -0.15) is 0 Å². The molecular weight excluding hydrogens is 364 g/mol. The second-order valence-electron chi connectivity index (χ2n) is 6.21. The number of carbonyl (C=O) groups is 2. The number of amides is 2. The van der Waals surface area contributed by atoms with Crippen molar-refractivity contribution in [1.29, 1.82) is 0 Å². The summed E-state index contributed by atoms with van der Waals surface area (Å²) in [5.74, 6) is -0.0265. The van der Waals surface area contributed by atoms with Crippen LogP contribution in [0.2, 0.25) is 0 Å². The van der Waals surface area contributed by atoms with Gasteiger partial charge in [0.1, 0.15) is 5.75 Å². The van der Waals surface area contributed by atoms with Crippen LogP contribution in [0.1, 0.15) is 19.3 Å². The number of nitrogens with one attached hydrogen (secondary N) is 1. The first kappa shape index (κ1) is 16.1. The van der Waals surface area contributed by atoms with Gasteiger partial charge in [0, 0.05) is 17.6 Å². The van der Waals surface area contributed by atoms with Crippen molar-refractivity contribution in [1.82, 2.24) is 4.90 Å². The highest BCUT2D eigenvalue weighted by Gasteiger charge is 2.55. The van der Waals surface area contributed by atoms with Crippen molar-refractivity contribution < 1.29 is 19.4 Å². The molecule has 1 saturated heterocycles. The normalized spacial score (nSPS) is 26.0. The fraction of sp³-hybridized carbons (Fsp3) is 0.500. The van der Waals surface area contributed by atoms with E-state index >= 15 is 0 Å². The van der Waals surface area contributed by atoms with E-state index in [2.05, 4.69) is 21.2 Å². The van der Waals surface area contributed by atoms with E-state index < -0.39 is 11.4 Å². The van der Waals surface area contributed by atoms with Gasteiger partial charge < -0.3 is 20.1 Å². The Kier molecular flexibility index (Phi) is 4.23. The maximum atomic E-state index is 12.5. The molecule has 124 valence electrons. The van der Waals surface area contributed by atoms with Crippen molar-refractivity contribution in [2.24, 2.45) is 11.3 Å². The molecule has 6 nitrogen and oxygen atoms in total. The number of likely N-dealkylation sites (tertiary alicyclic amines) is 1. The Morgan fingerprint density at radius 3 is 2.87 bits per heavy atom. The van der Waals surface area contributed by atoms with Gasteiger partial charge in [-0.1, -0.05) is 6.42 Å². The van der Waals surface area contributed by atoms with Gasteiger partial charge in [0.2, 0.25) is 0 Å². The zero-order chi connectivity index (χ0) is 16.6. The van der Waals surface area contributed by atoms with Gasteiger partial charge in [0.25, 0.3) is 0 Å². The summed E-state index contributed by atoms with van der Waals surface area (Å²) in [6.45, 7) is 0.790. The number of ether oxygens (including phenoxy) is 1. The summed E-state index contributed by atoms with van der Waals surface area (Å²) in [4.78, 5) is 25.8. The number of nitrogens with zero attached hydrogens (tertiary/aromatic N) is 1. The molecule has 0 aromatic heterocycles. The van der Waals surface area contributed by atoms with Crippen LogP contribution < -0.4 is 10.1 Å². The molecule has 1 heterocycles. The Labute approximate surface area is 142 Å². The van der Waals surface area contributed by atoms with Crippen LogP contribution in [0.25, 0.3) is 0 Å². The first-order valence-electron chi connectivity index (χ1n) is 7.59. The third-order valence-electron chi connectivity index (χ3n) is 5.00. The number of halogens is 1. The quantitative estimate of drug-likeness (QED) is 0.841. The molecule has 2 atom stereocenters. The third-order valence-corrected chi connectivity index (χ3v) is 5.66. The number of carboxylic acids is 1. The van der Waals surface area contributed by atoms with Crippen molar-refractivity contribution in [2.45, 2.75) is 19.3 Å². The Morgan fingerprint density at radius 2 is 2.26 bits per heavy atom. The largest absolute Gasteiger partial charge is 0.497 e. The standard InChI is InChI=1S/C16H19BrN2O4/c1-23-11-4-5-13(12(17)7-11)18-15(22)19-8-10-3-2-6-16(10,9-19)14(20)21/h4-5,7,10H,2-3,6,8-9H2,1H3,(H,18,22)(H,20,21)/t10-,16+/m0/s1. The van der Waals surface area contributed by atoms with Gasteiger partial charge >= 0.3 is 12.0 Å². The Morgan fingerprint density at radius 1 is 1.48 bits per heavy atom. The molecule has 2 amide bonds. The second-order valence-corrected chi connectivity index (χ2v) is 7.06. The van der Waals surface area contributed by atoms with E-state index in [0.717, 1.165) is 17.3 Å². The Hall–Kier alpha value is -1.76. The van der Waals surface area contributed by atoms with Crippen molar-refractivity contribution in [3.05, 3.63) is 22.7 Å². The number of carbonyl (C=O) groups excluding carboxylic acids is 1. The number of anilines is 1. The average molecular weight is 383 g/mol. The molecule has 0 spiro atoms. The molecule has 2 N–H and O–H groups in total. The summed E-state index contributed by atoms with van der Waals surface area (Å²) >= 11 is 3.40. The highest BCUT2D eigenvalue weighted by atomic mass is 79.9. The summed E-state index contributed by atoms with van der Waals surface area (Å²) in [6.07, 6.45) is 2.46. The first-order valence-corrected chi connectivity index (χ1v) is 8.38. The lowest BCUT2D eigenvalue weighted by atomic mass is 9.81. The van der Waals surface area contributed by atoms with Crippen molar-refractivity contribution >= 4 is 33.6 Å². The second kappa shape index (κ2) is 6.03. The SMILES string of the molecule is COc1ccc(NC(=O)N2C[C@@H]3CCC[C@@]3(C(=O)O)C2)c(Br)c1. The number of rotatable bonds is 3. The van der Waals surface area contributed by atoms with Crippen LogP contribution in [0, 0.1) is 11.3 Å². The molecule has 23 heavy (non-hydrogen) atoms. The fourth-order valence-corrected chi connectivity index (χ4v) is 4.17. The molecule has 7 heteroatoms. The van der Waals surface area contributed by atoms with Crippen LogP contribution >= 0.6 is 15.9 Å². The van der Waals surface area contributed by atoms with Gasteiger partial charge in [-0.25, -0.2) is 4.79 Å². The van der Waals surface area contributed by atoms with E-state index in [4.69, 9.17) is 4.74 Å². The Balaban J connectivity index is 1.72. The minimum atomic E-state index is -0.777. The van der Waals surface area contributed by atoms with E-state index in [1.807, 2.05) is 0 Å². The van der Waals surface area contributed by atoms with Crippen molar-refractivity contribution in [2.75, 3.05) is 25.5 Å². The zero-order valence-corrected chi connectivity index (χ0v) is 14.4. The van der Waals surface area contributed by atoms with Gasteiger partial charge in [-0.05, 0) is 52.9 Å².